The van der Waals surface area contributed by atoms with Gasteiger partial charge in [0.25, 0.3) is 5.91 Å². The highest BCUT2D eigenvalue weighted by molar-refractivity contribution is 6.33. The molecule has 2 aliphatic rings. The van der Waals surface area contributed by atoms with Crippen molar-refractivity contribution in [3.05, 3.63) is 34.9 Å². The molecule has 138 valence electrons. The van der Waals surface area contributed by atoms with Gasteiger partial charge in [0.15, 0.2) is 0 Å². The minimum absolute atomic E-state index is 0. The SMILES string of the molecule is Cl.O=C(CC1CC2CCC(C1)N2)NCCNC(=O)c1ccccc1Cl. The molecule has 1 aromatic carbocycles. The minimum Gasteiger partial charge on any atom is -0.354 e. The highest BCUT2D eigenvalue weighted by Gasteiger charge is 2.34. The number of carbonyl (C=O) groups is 2. The molecular formula is C18H25Cl2N3O2. The second-order valence-corrected chi connectivity index (χ2v) is 7.17. The molecule has 0 radical (unpaired) electrons. The molecule has 2 saturated heterocycles. The van der Waals surface area contributed by atoms with Gasteiger partial charge >= 0.3 is 0 Å². The Bertz CT molecular complexity index is 600. The molecule has 2 bridgehead atoms. The normalized spacial score (nSPS) is 24.3. The van der Waals surface area contributed by atoms with Crippen molar-refractivity contribution < 1.29 is 9.59 Å². The van der Waals surface area contributed by atoms with Crippen LogP contribution in [-0.4, -0.2) is 37.0 Å². The van der Waals surface area contributed by atoms with Gasteiger partial charge in [-0.2, -0.15) is 0 Å². The molecule has 2 aliphatic heterocycles. The Morgan fingerprint density at radius 2 is 1.72 bits per heavy atom. The summed E-state index contributed by atoms with van der Waals surface area (Å²) in [7, 11) is 0. The summed E-state index contributed by atoms with van der Waals surface area (Å²) in [6.07, 6.45) is 5.29. The van der Waals surface area contributed by atoms with E-state index in [0.717, 1.165) is 12.8 Å². The van der Waals surface area contributed by atoms with Gasteiger partial charge in [-0.25, -0.2) is 0 Å². The monoisotopic (exact) mass is 385 g/mol. The third-order valence-corrected chi connectivity index (χ3v) is 5.23. The van der Waals surface area contributed by atoms with Gasteiger partial charge in [-0.3, -0.25) is 9.59 Å². The molecule has 2 unspecified atom stereocenters. The van der Waals surface area contributed by atoms with E-state index in [2.05, 4.69) is 16.0 Å². The molecule has 1 aromatic rings. The van der Waals surface area contributed by atoms with Crippen molar-refractivity contribution in [2.24, 2.45) is 5.92 Å². The summed E-state index contributed by atoms with van der Waals surface area (Å²) in [5.41, 5.74) is 0.454. The van der Waals surface area contributed by atoms with Crippen molar-refractivity contribution in [3.8, 4) is 0 Å². The Hall–Kier alpha value is -1.30. The fourth-order valence-corrected chi connectivity index (χ4v) is 4.02. The average molecular weight is 386 g/mol. The summed E-state index contributed by atoms with van der Waals surface area (Å²) in [6.45, 7) is 0.833. The van der Waals surface area contributed by atoms with Gasteiger partial charge in [0, 0.05) is 31.6 Å². The van der Waals surface area contributed by atoms with Crippen LogP contribution < -0.4 is 16.0 Å². The summed E-state index contributed by atoms with van der Waals surface area (Å²) in [5, 5.41) is 9.69. The van der Waals surface area contributed by atoms with E-state index in [1.165, 1.54) is 12.8 Å². The summed E-state index contributed by atoms with van der Waals surface area (Å²) >= 11 is 5.98. The van der Waals surface area contributed by atoms with Crippen LogP contribution in [0.3, 0.4) is 0 Å². The quantitative estimate of drug-likeness (QED) is 0.658. The van der Waals surface area contributed by atoms with Crippen LogP contribution in [-0.2, 0) is 4.79 Å². The summed E-state index contributed by atoms with van der Waals surface area (Å²) in [6, 6.07) is 8.14. The van der Waals surface area contributed by atoms with E-state index >= 15 is 0 Å². The first-order valence-electron chi connectivity index (χ1n) is 8.67. The van der Waals surface area contributed by atoms with E-state index in [-0.39, 0.29) is 24.2 Å². The Labute approximate surface area is 159 Å². The van der Waals surface area contributed by atoms with Crippen LogP contribution in [0.15, 0.2) is 24.3 Å². The van der Waals surface area contributed by atoms with E-state index in [1.54, 1.807) is 24.3 Å². The van der Waals surface area contributed by atoms with Crippen LogP contribution in [0.5, 0.6) is 0 Å². The van der Waals surface area contributed by atoms with Gasteiger partial charge in [-0.15, -0.1) is 12.4 Å². The lowest BCUT2D eigenvalue weighted by molar-refractivity contribution is -0.122. The number of piperidine rings is 1. The smallest absolute Gasteiger partial charge is 0.252 e. The topological polar surface area (TPSA) is 70.2 Å². The van der Waals surface area contributed by atoms with Gasteiger partial charge in [0.2, 0.25) is 5.91 Å². The first-order chi connectivity index (χ1) is 11.6. The standard InChI is InChI=1S/C18H24ClN3O2.ClH/c19-16-4-2-1-3-15(16)18(24)21-8-7-20-17(23)11-12-9-13-5-6-14(10-12)22-13;/h1-4,12-14,22H,5-11H2,(H,20,23)(H,21,24);1H. The highest BCUT2D eigenvalue weighted by atomic mass is 35.5. The first-order valence-corrected chi connectivity index (χ1v) is 9.05. The number of rotatable bonds is 6. The number of halogens is 2. The van der Waals surface area contributed by atoms with Crippen molar-refractivity contribution in [1.82, 2.24) is 16.0 Å². The molecule has 0 aromatic heterocycles. The molecule has 2 amide bonds. The van der Waals surface area contributed by atoms with Crippen LogP contribution in [0.25, 0.3) is 0 Å². The van der Waals surface area contributed by atoms with Crippen LogP contribution in [0.4, 0.5) is 0 Å². The zero-order valence-electron chi connectivity index (χ0n) is 14.1. The van der Waals surface area contributed by atoms with Crippen LogP contribution >= 0.6 is 24.0 Å². The third kappa shape index (κ3) is 5.59. The number of hydrogen-bond donors (Lipinski definition) is 3. The van der Waals surface area contributed by atoms with Gasteiger partial charge < -0.3 is 16.0 Å². The van der Waals surface area contributed by atoms with Gasteiger partial charge in [0.05, 0.1) is 10.6 Å². The maximum atomic E-state index is 12.0. The predicted molar refractivity (Wildman–Crippen MR) is 101 cm³/mol. The zero-order chi connectivity index (χ0) is 16.9. The molecule has 7 heteroatoms. The first kappa shape index (κ1) is 20.0. The number of benzene rings is 1. The van der Waals surface area contributed by atoms with Crippen molar-refractivity contribution in [1.29, 1.82) is 0 Å². The minimum atomic E-state index is -0.218. The fourth-order valence-electron chi connectivity index (χ4n) is 3.79. The number of hydrogen-bond acceptors (Lipinski definition) is 3. The summed E-state index contributed by atoms with van der Waals surface area (Å²) in [5.74, 6) is 0.347. The molecule has 25 heavy (non-hydrogen) atoms. The second-order valence-electron chi connectivity index (χ2n) is 6.77. The molecular weight excluding hydrogens is 361 g/mol. The molecule has 0 saturated carbocycles. The number of carbonyl (C=O) groups excluding carboxylic acids is 2. The van der Waals surface area contributed by atoms with Crippen LogP contribution in [0, 0.1) is 5.92 Å². The highest BCUT2D eigenvalue weighted by Crippen LogP contribution is 2.32. The third-order valence-electron chi connectivity index (χ3n) is 4.90. The molecule has 3 N–H and O–H groups in total. The summed E-state index contributed by atoms with van der Waals surface area (Å²) in [4.78, 5) is 24.0. The Morgan fingerprint density at radius 1 is 1.08 bits per heavy atom. The lowest BCUT2D eigenvalue weighted by atomic mass is 9.89. The molecule has 0 aliphatic carbocycles. The van der Waals surface area contributed by atoms with E-state index in [0.29, 0.717) is 48.1 Å². The maximum absolute atomic E-state index is 12.0. The molecule has 2 fully saturated rings. The maximum Gasteiger partial charge on any atom is 0.252 e. The molecule has 0 spiro atoms. The van der Waals surface area contributed by atoms with Crippen LogP contribution in [0.1, 0.15) is 42.5 Å². The molecule has 3 rings (SSSR count). The lowest BCUT2D eigenvalue weighted by Gasteiger charge is -2.28. The average Bonchev–Trinajstić information content (AvgIpc) is 2.90. The predicted octanol–water partition coefficient (Wildman–Crippen LogP) is 2.53. The number of nitrogens with one attached hydrogen (secondary N) is 3. The summed E-state index contributed by atoms with van der Waals surface area (Å²) < 4.78 is 0. The van der Waals surface area contributed by atoms with E-state index in [1.807, 2.05) is 0 Å². The Balaban J connectivity index is 0.00000225. The lowest BCUT2D eigenvalue weighted by Crippen LogP contribution is -2.40. The van der Waals surface area contributed by atoms with Crippen molar-refractivity contribution in [2.45, 2.75) is 44.2 Å². The second kappa shape index (κ2) is 9.41. The largest absolute Gasteiger partial charge is 0.354 e. The number of amides is 2. The van der Waals surface area contributed by atoms with E-state index in [9.17, 15) is 9.59 Å². The van der Waals surface area contributed by atoms with Crippen molar-refractivity contribution in [3.63, 3.8) is 0 Å². The molecule has 5 nitrogen and oxygen atoms in total. The van der Waals surface area contributed by atoms with Gasteiger partial charge in [0.1, 0.15) is 0 Å². The Kier molecular flexibility index (Phi) is 7.54. The number of fused-ring (bicyclic) bond motifs is 2. The van der Waals surface area contributed by atoms with E-state index in [4.69, 9.17) is 11.6 Å². The van der Waals surface area contributed by atoms with E-state index < -0.39 is 0 Å². The van der Waals surface area contributed by atoms with Crippen molar-refractivity contribution >= 4 is 35.8 Å². The van der Waals surface area contributed by atoms with Gasteiger partial charge in [-0.1, -0.05) is 23.7 Å². The van der Waals surface area contributed by atoms with Gasteiger partial charge in [-0.05, 0) is 43.7 Å². The van der Waals surface area contributed by atoms with Crippen molar-refractivity contribution in [2.75, 3.05) is 13.1 Å². The molecule has 2 heterocycles. The zero-order valence-corrected chi connectivity index (χ0v) is 15.7. The molecule has 2 atom stereocenters. The fraction of sp³-hybridized carbons (Fsp3) is 0.556. The van der Waals surface area contributed by atoms with Crippen LogP contribution in [0.2, 0.25) is 5.02 Å². The Morgan fingerprint density at radius 3 is 2.40 bits per heavy atom.